The molecule has 0 spiro atoms. The fraction of sp³-hybridized carbons (Fsp3) is 0.417. The van der Waals surface area contributed by atoms with Crippen molar-refractivity contribution in [3.8, 4) is 0 Å². The first kappa shape index (κ1) is 10.7. The van der Waals surface area contributed by atoms with Gasteiger partial charge in [-0.3, -0.25) is 4.79 Å². The second-order valence-corrected chi connectivity index (χ2v) is 4.57. The molecule has 0 N–H and O–H groups in total. The van der Waals surface area contributed by atoms with Gasteiger partial charge in [-0.15, -0.1) is 0 Å². The van der Waals surface area contributed by atoms with Crippen LogP contribution in [0.15, 0.2) is 30.3 Å². The molecule has 1 atom stereocenters. The number of rotatable bonds is 3. The van der Waals surface area contributed by atoms with Gasteiger partial charge < -0.3 is 4.74 Å². The Balaban J connectivity index is 2.31. The number of esters is 1. The first-order valence-electron chi connectivity index (χ1n) is 5.10. The summed E-state index contributed by atoms with van der Waals surface area (Å²) in [6, 6.07) is 10.00. The normalized spacial score (nSPS) is 25.3. The fourth-order valence-corrected chi connectivity index (χ4v) is 2.68. The summed E-state index contributed by atoms with van der Waals surface area (Å²) in [5.41, 5.74) is 0.720. The molecule has 80 valence electrons. The molecule has 0 amide bonds. The number of alkyl halides is 1. The van der Waals surface area contributed by atoms with Gasteiger partial charge in [0, 0.05) is 24.6 Å². The quantitative estimate of drug-likeness (QED) is 0.622. The standard InChI is InChI=1S/C12H13BrO2/c13-9-8-12(7-6-11(14)15-12)10-4-2-1-3-5-10/h1-5H,6-9H2. The Hall–Kier alpha value is -0.830. The summed E-state index contributed by atoms with van der Waals surface area (Å²) in [6.07, 6.45) is 2.16. The summed E-state index contributed by atoms with van der Waals surface area (Å²) in [5.74, 6) is -0.0835. The second kappa shape index (κ2) is 4.35. The number of carbonyl (C=O) groups is 1. The van der Waals surface area contributed by atoms with Crippen LogP contribution in [0.3, 0.4) is 0 Å². The van der Waals surface area contributed by atoms with Crippen molar-refractivity contribution in [2.24, 2.45) is 0 Å². The monoisotopic (exact) mass is 268 g/mol. The summed E-state index contributed by atoms with van der Waals surface area (Å²) in [6.45, 7) is 0. The van der Waals surface area contributed by atoms with Crippen LogP contribution in [0.1, 0.15) is 24.8 Å². The summed E-state index contributed by atoms with van der Waals surface area (Å²) in [7, 11) is 0. The van der Waals surface area contributed by atoms with Crippen molar-refractivity contribution in [1.29, 1.82) is 0 Å². The largest absolute Gasteiger partial charge is 0.454 e. The molecule has 1 heterocycles. The molecule has 1 unspecified atom stereocenters. The third-order valence-corrected chi connectivity index (χ3v) is 3.24. The Morgan fingerprint density at radius 2 is 2.07 bits per heavy atom. The Kier molecular flexibility index (Phi) is 3.10. The molecule has 1 aliphatic rings. The number of ether oxygens (including phenoxy) is 1. The lowest BCUT2D eigenvalue weighted by Gasteiger charge is -2.27. The zero-order chi connectivity index (χ0) is 10.7. The molecule has 0 aromatic heterocycles. The minimum absolute atomic E-state index is 0.0835. The highest BCUT2D eigenvalue weighted by molar-refractivity contribution is 9.09. The Morgan fingerprint density at radius 1 is 1.33 bits per heavy atom. The Bertz CT molecular complexity index is 350. The van der Waals surface area contributed by atoms with Crippen LogP contribution >= 0.6 is 15.9 Å². The third-order valence-electron chi connectivity index (χ3n) is 2.84. The molecule has 1 aromatic carbocycles. The molecule has 0 bridgehead atoms. The highest BCUT2D eigenvalue weighted by Crippen LogP contribution is 2.40. The Morgan fingerprint density at radius 3 is 2.60 bits per heavy atom. The van der Waals surface area contributed by atoms with Gasteiger partial charge in [0.25, 0.3) is 0 Å². The predicted octanol–water partition coefficient (Wildman–Crippen LogP) is 3.00. The topological polar surface area (TPSA) is 26.3 Å². The highest BCUT2D eigenvalue weighted by Gasteiger charge is 2.41. The van der Waals surface area contributed by atoms with Gasteiger partial charge in [-0.05, 0) is 5.56 Å². The molecule has 0 radical (unpaired) electrons. The van der Waals surface area contributed by atoms with Crippen molar-refractivity contribution in [2.75, 3.05) is 5.33 Å². The van der Waals surface area contributed by atoms with Crippen LogP contribution in [0.4, 0.5) is 0 Å². The zero-order valence-electron chi connectivity index (χ0n) is 8.41. The maximum absolute atomic E-state index is 11.3. The van der Waals surface area contributed by atoms with Crippen LogP contribution in [-0.2, 0) is 15.1 Å². The van der Waals surface area contributed by atoms with Crippen molar-refractivity contribution in [1.82, 2.24) is 0 Å². The van der Waals surface area contributed by atoms with Gasteiger partial charge in [0.2, 0.25) is 0 Å². The van der Waals surface area contributed by atoms with Gasteiger partial charge in [-0.2, -0.15) is 0 Å². The molecule has 2 rings (SSSR count). The van der Waals surface area contributed by atoms with Crippen LogP contribution in [0, 0.1) is 0 Å². The summed E-state index contributed by atoms with van der Waals surface area (Å²) in [4.78, 5) is 11.3. The van der Waals surface area contributed by atoms with Gasteiger partial charge in [0.1, 0.15) is 5.60 Å². The third kappa shape index (κ3) is 2.07. The Labute approximate surface area is 97.8 Å². The molecular weight excluding hydrogens is 256 g/mol. The van der Waals surface area contributed by atoms with Crippen LogP contribution in [0.2, 0.25) is 0 Å². The molecule has 1 fully saturated rings. The molecule has 15 heavy (non-hydrogen) atoms. The van der Waals surface area contributed by atoms with Gasteiger partial charge in [0.15, 0.2) is 0 Å². The van der Waals surface area contributed by atoms with E-state index in [1.165, 1.54) is 0 Å². The zero-order valence-corrected chi connectivity index (χ0v) is 10.00. The van der Waals surface area contributed by atoms with E-state index < -0.39 is 0 Å². The molecule has 3 heteroatoms. The van der Waals surface area contributed by atoms with Gasteiger partial charge in [0.05, 0.1) is 0 Å². The van der Waals surface area contributed by atoms with Gasteiger partial charge >= 0.3 is 5.97 Å². The van der Waals surface area contributed by atoms with Crippen LogP contribution in [-0.4, -0.2) is 11.3 Å². The molecule has 1 aromatic rings. The van der Waals surface area contributed by atoms with Crippen molar-refractivity contribution >= 4 is 21.9 Å². The maximum Gasteiger partial charge on any atom is 0.306 e. The van der Waals surface area contributed by atoms with E-state index in [0.717, 1.165) is 23.7 Å². The van der Waals surface area contributed by atoms with Crippen molar-refractivity contribution in [3.05, 3.63) is 35.9 Å². The summed E-state index contributed by atoms with van der Waals surface area (Å²) >= 11 is 3.42. The molecule has 1 saturated heterocycles. The van der Waals surface area contributed by atoms with Crippen molar-refractivity contribution in [2.45, 2.75) is 24.9 Å². The maximum atomic E-state index is 11.3. The minimum atomic E-state index is -0.387. The van der Waals surface area contributed by atoms with E-state index in [4.69, 9.17) is 4.74 Å². The van der Waals surface area contributed by atoms with Crippen LogP contribution < -0.4 is 0 Å². The number of halogens is 1. The van der Waals surface area contributed by atoms with E-state index in [2.05, 4.69) is 15.9 Å². The van der Waals surface area contributed by atoms with Gasteiger partial charge in [-0.25, -0.2) is 0 Å². The smallest absolute Gasteiger partial charge is 0.306 e. The summed E-state index contributed by atoms with van der Waals surface area (Å²) in [5, 5.41) is 0.842. The average Bonchev–Trinajstić information content (AvgIpc) is 2.63. The lowest BCUT2D eigenvalue weighted by Crippen LogP contribution is -2.26. The SMILES string of the molecule is O=C1CCC(CCBr)(c2ccccc2)O1. The summed E-state index contributed by atoms with van der Waals surface area (Å²) < 4.78 is 5.51. The predicted molar refractivity (Wildman–Crippen MR) is 61.9 cm³/mol. The number of hydrogen-bond acceptors (Lipinski definition) is 2. The average molecular weight is 269 g/mol. The molecule has 1 aliphatic heterocycles. The highest BCUT2D eigenvalue weighted by atomic mass is 79.9. The second-order valence-electron chi connectivity index (χ2n) is 3.77. The van der Waals surface area contributed by atoms with Gasteiger partial charge in [-0.1, -0.05) is 46.3 Å². The number of cyclic esters (lactones) is 1. The number of carbonyl (C=O) groups excluding carboxylic acids is 1. The molecule has 0 aliphatic carbocycles. The molecule has 2 nitrogen and oxygen atoms in total. The first-order valence-corrected chi connectivity index (χ1v) is 6.22. The van der Waals surface area contributed by atoms with E-state index in [-0.39, 0.29) is 11.6 Å². The fourth-order valence-electron chi connectivity index (χ4n) is 2.04. The van der Waals surface area contributed by atoms with Crippen LogP contribution in [0.5, 0.6) is 0 Å². The molecular formula is C12H13BrO2. The number of benzene rings is 1. The van der Waals surface area contributed by atoms with Crippen molar-refractivity contribution in [3.63, 3.8) is 0 Å². The van der Waals surface area contributed by atoms with E-state index in [1.807, 2.05) is 30.3 Å². The van der Waals surface area contributed by atoms with Crippen LogP contribution in [0.25, 0.3) is 0 Å². The molecule has 0 saturated carbocycles. The lowest BCUT2D eigenvalue weighted by atomic mass is 9.88. The van der Waals surface area contributed by atoms with E-state index in [9.17, 15) is 4.79 Å². The lowest BCUT2D eigenvalue weighted by molar-refractivity contribution is -0.149. The van der Waals surface area contributed by atoms with E-state index >= 15 is 0 Å². The number of hydrogen-bond donors (Lipinski definition) is 0. The first-order chi connectivity index (χ1) is 7.27. The van der Waals surface area contributed by atoms with E-state index in [0.29, 0.717) is 6.42 Å². The van der Waals surface area contributed by atoms with E-state index in [1.54, 1.807) is 0 Å². The minimum Gasteiger partial charge on any atom is -0.454 e. The van der Waals surface area contributed by atoms with Crippen molar-refractivity contribution < 1.29 is 9.53 Å².